The van der Waals surface area contributed by atoms with Crippen LogP contribution in [-0.2, 0) is 4.79 Å². The third-order valence-electron chi connectivity index (χ3n) is 1.20. The van der Waals surface area contributed by atoms with Gasteiger partial charge in [-0.2, -0.15) is 0 Å². The Kier molecular flexibility index (Phi) is 4.41. The lowest BCUT2D eigenvalue weighted by Crippen LogP contribution is -1.97. The van der Waals surface area contributed by atoms with Crippen LogP contribution in [-0.4, -0.2) is 17.5 Å². The van der Waals surface area contributed by atoms with Crippen molar-refractivity contribution in [2.75, 3.05) is 0 Å². The van der Waals surface area contributed by atoms with Crippen molar-refractivity contribution in [2.45, 2.75) is 26.2 Å². The molecule has 0 fully saturated rings. The van der Waals surface area contributed by atoms with Crippen molar-refractivity contribution in [3.8, 4) is 0 Å². The molecule has 0 radical (unpaired) electrons. The second-order valence-corrected chi connectivity index (χ2v) is 2.09. The lowest BCUT2D eigenvalue weighted by molar-refractivity contribution is -0.131. The molecule has 64 valence electrons. The van der Waals surface area contributed by atoms with Gasteiger partial charge in [-0.3, -0.25) is 0 Å². The van der Waals surface area contributed by atoms with Gasteiger partial charge in [0.1, 0.15) is 0 Å². The molecular formula is C7H10F2O2. The largest absolute Gasteiger partial charge is 0.478 e. The summed E-state index contributed by atoms with van der Waals surface area (Å²) < 4.78 is 23.4. The maximum absolute atomic E-state index is 11.7. The summed E-state index contributed by atoms with van der Waals surface area (Å²) in [5.74, 6) is -1.16. The van der Waals surface area contributed by atoms with Crippen molar-refractivity contribution in [2.24, 2.45) is 0 Å². The van der Waals surface area contributed by atoms with Crippen LogP contribution in [0.4, 0.5) is 8.78 Å². The molecule has 0 aromatic heterocycles. The molecule has 0 amide bonds. The summed E-state index contributed by atoms with van der Waals surface area (Å²) >= 11 is 0. The molecule has 11 heavy (non-hydrogen) atoms. The number of aliphatic carboxylic acids is 1. The van der Waals surface area contributed by atoms with Gasteiger partial charge in [0.25, 0.3) is 0 Å². The lowest BCUT2D eigenvalue weighted by Gasteiger charge is -2.00. The van der Waals surface area contributed by atoms with Gasteiger partial charge in [0.05, 0.1) is 0 Å². The van der Waals surface area contributed by atoms with Crippen LogP contribution in [0.5, 0.6) is 0 Å². The summed E-state index contributed by atoms with van der Waals surface area (Å²) in [5, 5.41) is 8.21. The van der Waals surface area contributed by atoms with Crippen LogP contribution in [0.2, 0.25) is 0 Å². The van der Waals surface area contributed by atoms with E-state index in [0.29, 0.717) is 6.42 Å². The van der Waals surface area contributed by atoms with Gasteiger partial charge in [-0.25, -0.2) is 13.6 Å². The number of alkyl halides is 2. The van der Waals surface area contributed by atoms with Crippen molar-refractivity contribution in [1.29, 1.82) is 0 Å². The zero-order chi connectivity index (χ0) is 8.85. The molecule has 0 aliphatic carbocycles. The number of allylic oxidation sites excluding steroid dienone is 1. The summed E-state index contributed by atoms with van der Waals surface area (Å²) in [6, 6.07) is 0. The first-order valence-corrected chi connectivity index (χ1v) is 3.26. The standard InChI is InChI=1S/C7H10F2O2/c1-2-5(3-6(8)9)4-7(10)11/h4,6H,2-3H2,1H3,(H,10,11)/b5-4+. The molecule has 0 aromatic rings. The van der Waals surface area contributed by atoms with Crippen LogP contribution in [0, 0.1) is 0 Å². The first kappa shape index (κ1) is 10.1. The Balaban J connectivity index is 4.05. The van der Waals surface area contributed by atoms with Crippen molar-refractivity contribution >= 4 is 5.97 Å². The first-order valence-electron chi connectivity index (χ1n) is 3.26. The van der Waals surface area contributed by atoms with E-state index in [1.165, 1.54) is 0 Å². The van der Waals surface area contributed by atoms with E-state index in [0.717, 1.165) is 6.08 Å². The van der Waals surface area contributed by atoms with E-state index in [4.69, 9.17) is 5.11 Å². The topological polar surface area (TPSA) is 37.3 Å². The van der Waals surface area contributed by atoms with Gasteiger partial charge in [0.15, 0.2) is 0 Å². The Hall–Kier alpha value is -0.930. The summed E-state index contributed by atoms with van der Waals surface area (Å²) in [6.45, 7) is 1.65. The number of carboxylic acid groups (broad SMARTS) is 1. The number of hydrogen-bond acceptors (Lipinski definition) is 1. The molecular weight excluding hydrogens is 154 g/mol. The zero-order valence-electron chi connectivity index (χ0n) is 6.18. The summed E-state index contributed by atoms with van der Waals surface area (Å²) in [4.78, 5) is 10.0. The average Bonchev–Trinajstić information content (AvgIpc) is 1.84. The maximum Gasteiger partial charge on any atom is 0.328 e. The quantitative estimate of drug-likeness (QED) is 0.646. The van der Waals surface area contributed by atoms with Crippen LogP contribution in [0.25, 0.3) is 0 Å². The van der Waals surface area contributed by atoms with E-state index in [-0.39, 0.29) is 5.57 Å². The highest BCUT2D eigenvalue weighted by atomic mass is 19.3. The summed E-state index contributed by atoms with van der Waals surface area (Å²) in [5.41, 5.74) is 0.271. The number of carboxylic acids is 1. The molecule has 0 atom stereocenters. The molecule has 0 aliphatic rings. The summed E-state index contributed by atoms with van der Waals surface area (Å²) in [6.07, 6.45) is -1.70. The molecule has 0 aliphatic heterocycles. The van der Waals surface area contributed by atoms with Gasteiger partial charge in [-0.15, -0.1) is 0 Å². The highest BCUT2D eigenvalue weighted by Gasteiger charge is 2.06. The third kappa shape index (κ3) is 5.51. The molecule has 0 saturated carbocycles. The van der Waals surface area contributed by atoms with Crippen LogP contribution in [0.1, 0.15) is 19.8 Å². The molecule has 0 bridgehead atoms. The SMILES string of the molecule is CC/C(=C\C(=O)O)CC(F)F. The Morgan fingerprint density at radius 1 is 1.64 bits per heavy atom. The highest BCUT2D eigenvalue weighted by molar-refractivity contribution is 5.80. The van der Waals surface area contributed by atoms with E-state index in [2.05, 4.69) is 0 Å². The number of carbonyl (C=O) groups is 1. The van der Waals surface area contributed by atoms with E-state index >= 15 is 0 Å². The average molecular weight is 164 g/mol. The minimum absolute atomic E-state index is 0.271. The van der Waals surface area contributed by atoms with Gasteiger partial charge in [-0.1, -0.05) is 12.5 Å². The van der Waals surface area contributed by atoms with Gasteiger partial charge in [0, 0.05) is 12.5 Å². The van der Waals surface area contributed by atoms with Crippen LogP contribution < -0.4 is 0 Å². The zero-order valence-corrected chi connectivity index (χ0v) is 6.18. The Bertz CT molecular complexity index is 164. The molecule has 0 aromatic carbocycles. The normalized spacial score (nSPS) is 12.2. The van der Waals surface area contributed by atoms with E-state index in [9.17, 15) is 13.6 Å². The smallest absolute Gasteiger partial charge is 0.328 e. The second-order valence-electron chi connectivity index (χ2n) is 2.09. The van der Waals surface area contributed by atoms with Crippen molar-refractivity contribution in [3.05, 3.63) is 11.6 Å². The number of rotatable bonds is 4. The maximum atomic E-state index is 11.7. The molecule has 0 saturated heterocycles. The molecule has 1 N–H and O–H groups in total. The minimum atomic E-state index is -2.46. The second kappa shape index (κ2) is 4.82. The van der Waals surface area contributed by atoms with Gasteiger partial charge >= 0.3 is 5.97 Å². The van der Waals surface area contributed by atoms with Gasteiger partial charge in [0.2, 0.25) is 6.43 Å². The molecule has 0 unspecified atom stereocenters. The van der Waals surface area contributed by atoms with Crippen molar-refractivity contribution < 1.29 is 18.7 Å². The van der Waals surface area contributed by atoms with Crippen molar-refractivity contribution in [3.63, 3.8) is 0 Å². The molecule has 4 heteroatoms. The fraction of sp³-hybridized carbons (Fsp3) is 0.571. The number of halogens is 2. The van der Waals surface area contributed by atoms with Crippen LogP contribution >= 0.6 is 0 Å². The highest BCUT2D eigenvalue weighted by Crippen LogP contribution is 2.12. The first-order chi connectivity index (χ1) is 5.06. The predicted octanol–water partition coefficient (Wildman–Crippen LogP) is 2.06. The van der Waals surface area contributed by atoms with E-state index in [1.54, 1.807) is 6.92 Å². The Morgan fingerprint density at radius 3 is 2.45 bits per heavy atom. The molecule has 0 rings (SSSR count). The van der Waals surface area contributed by atoms with E-state index in [1.807, 2.05) is 0 Å². The summed E-state index contributed by atoms with van der Waals surface area (Å²) in [7, 11) is 0. The Labute approximate surface area is 63.5 Å². The number of hydrogen-bond donors (Lipinski definition) is 1. The van der Waals surface area contributed by atoms with Gasteiger partial charge in [-0.05, 0) is 6.42 Å². The molecule has 2 nitrogen and oxygen atoms in total. The predicted molar refractivity (Wildman–Crippen MR) is 36.6 cm³/mol. The van der Waals surface area contributed by atoms with Crippen LogP contribution in [0.3, 0.4) is 0 Å². The fourth-order valence-corrected chi connectivity index (χ4v) is 0.678. The lowest BCUT2D eigenvalue weighted by atomic mass is 10.1. The van der Waals surface area contributed by atoms with Crippen molar-refractivity contribution in [1.82, 2.24) is 0 Å². The third-order valence-corrected chi connectivity index (χ3v) is 1.20. The molecule has 0 spiro atoms. The van der Waals surface area contributed by atoms with E-state index < -0.39 is 18.8 Å². The van der Waals surface area contributed by atoms with Crippen LogP contribution in [0.15, 0.2) is 11.6 Å². The van der Waals surface area contributed by atoms with Gasteiger partial charge < -0.3 is 5.11 Å². The minimum Gasteiger partial charge on any atom is -0.478 e. The fourth-order valence-electron chi connectivity index (χ4n) is 0.678. The molecule has 0 heterocycles. The Morgan fingerprint density at radius 2 is 2.18 bits per heavy atom. The monoisotopic (exact) mass is 164 g/mol.